The summed E-state index contributed by atoms with van der Waals surface area (Å²) in [5, 5.41) is 10.8. The Hall–Kier alpha value is -2.02. The predicted molar refractivity (Wildman–Crippen MR) is 53.8 cm³/mol. The number of aromatic nitrogens is 1. The molecule has 8 heteroatoms. The summed E-state index contributed by atoms with van der Waals surface area (Å²) in [5.74, 6) is -5.97. The molecule has 1 N–H and O–H groups in total. The molecule has 0 atom stereocenters. The molecule has 0 aliphatic carbocycles. The molecule has 0 radical (unpaired) electrons. The van der Waals surface area contributed by atoms with Crippen LogP contribution in [-0.2, 0) is 0 Å². The van der Waals surface area contributed by atoms with Gasteiger partial charge in [-0.15, -0.1) is 0 Å². The highest BCUT2D eigenvalue weighted by atomic mass is 35.5. The van der Waals surface area contributed by atoms with Gasteiger partial charge in [-0.3, -0.25) is 0 Å². The first-order valence-electron chi connectivity index (χ1n) is 4.45. The molecular formula is C10H3ClF3NO3. The Kier molecular flexibility index (Phi) is 3.00. The predicted octanol–water partition coefficient (Wildman–Crippen LogP) is 3.11. The van der Waals surface area contributed by atoms with E-state index >= 15 is 0 Å². The summed E-state index contributed by atoms with van der Waals surface area (Å²) in [5.41, 5.74) is -1.18. The lowest BCUT2D eigenvalue weighted by Gasteiger charge is -2.03. The first-order valence-corrected chi connectivity index (χ1v) is 4.83. The van der Waals surface area contributed by atoms with E-state index < -0.39 is 45.5 Å². The third-order valence-corrected chi connectivity index (χ3v) is 2.44. The Morgan fingerprint density at radius 2 is 1.94 bits per heavy atom. The van der Waals surface area contributed by atoms with Crippen LogP contribution in [0.15, 0.2) is 16.7 Å². The van der Waals surface area contributed by atoms with E-state index in [-0.39, 0.29) is 0 Å². The maximum Gasteiger partial charge on any atom is 0.374 e. The highest BCUT2D eigenvalue weighted by Gasteiger charge is 2.23. The second kappa shape index (κ2) is 4.34. The summed E-state index contributed by atoms with van der Waals surface area (Å²) in [7, 11) is 0. The monoisotopic (exact) mass is 277 g/mol. The Balaban J connectivity index is 2.63. The van der Waals surface area contributed by atoms with Crippen molar-refractivity contribution in [3.8, 4) is 11.3 Å². The minimum atomic E-state index is -1.46. The van der Waals surface area contributed by atoms with Gasteiger partial charge in [0.25, 0.3) is 0 Å². The summed E-state index contributed by atoms with van der Waals surface area (Å²) in [4.78, 5) is 10.5. The van der Waals surface area contributed by atoms with Gasteiger partial charge >= 0.3 is 5.97 Å². The van der Waals surface area contributed by atoms with Crippen LogP contribution in [0.5, 0.6) is 0 Å². The minimum Gasteiger partial charge on any atom is -0.475 e. The van der Waals surface area contributed by atoms with Crippen molar-refractivity contribution in [3.05, 3.63) is 40.4 Å². The summed E-state index contributed by atoms with van der Waals surface area (Å²) in [6.45, 7) is 0. The fraction of sp³-hybridized carbons (Fsp3) is 0. The molecule has 0 aliphatic heterocycles. The largest absolute Gasteiger partial charge is 0.475 e. The second-order valence-electron chi connectivity index (χ2n) is 3.22. The molecule has 0 saturated carbocycles. The smallest absolute Gasteiger partial charge is 0.374 e. The van der Waals surface area contributed by atoms with Crippen molar-refractivity contribution in [1.82, 2.24) is 5.16 Å². The molecule has 94 valence electrons. The molecule has 0 aliphatic rings. The zero-order valence-electron chi connectivity index (χ0n) is 8.38. The number of rotatable bonds is 2. The zero-order chi connectivity index (χ0) is 13.4. The van der Waals surface area contributed by atoms with Gasteiger partial charge in [0, 0.05) is 12.1 Å². The van der Waals surface area contributed by atoms with Gasteiger partial charge < -0.3 is 9.63 Å². The van der Waals surface area contributed by atoms with Crippen LogP contribution in [-0.4, -0.2) is 16.2 Å². The lowest BCUT2D eigenvalue weighted by atomic mass is 10.1. The van der Waals surface area contributed by atoms with Gasteiger partial charge in [-0.05, 0) is 0 Å². The molecule has 0 spiro atoms. The van der Waals surface area contributed by atoms with Crippen molar-refractivity contribution >= 4 is 17.6 Å². The maximum atomic E-state index is 13.6. The lowest BCUT2D eigenvalue weighted by molar-refractivity contribution is 0.0652. The Morgan fingerprint density at radius 1 is 1.28 bits per heavy atom. The van der Waals surface area contributed by atoms with Gasteiger partial charge in [0.05, 0.1) is 5.56 Å². The number of carboxylic acids is 1. The van der Waals surface area contributed by atoms with Gasteiger partial charge in [0.15, 0.2) is 5.82 Å². The molecule has 1 aromatic carbocycles. The fourth-order valence-electron chi connectivity index (χ4n) is 1.29. The molecular weight excluding hydrogens is 275 g/mol. The summed E-state index contributed by atoms with van der Waals surface area (Å²) >= 11 is 5.28. The molecule has 0 unspecified atom stereocenters. The summed E-state index contributed by atoms with van der Waals surface area (Å²) in [6, 6.07) is 1.17. The van der Waals surface area contributed by atoms with E-state index in [1.165, 1.54) is 0 Å². The molecule has 1 heterocycles. The molecule has 0 saturated heterocycles. The van der Waals surface area contributed by atoms with Crippen molar-refractivity contribution in [2.75, 3.05) is 0 Å². The number of halogens is 4. The van der Waals surface area contributed by atoms with Gasteiger partial charge in [-0.2, -0.15) is 0 Å². The summed E-state index contributed by atoms with van der Waals surface area (Å²) < 4.78 is 44.3. The zero-order valence-corrected chi connectivity index (χ0v) is 9.13. The fourth-order valence-corrected chi connectivity index (χ4v) is 1.44. The van der Waals surface area contributed by atoms with Crippen LogP contribution in [0.3, 0.4) is 0 Å². The van der Waals surface area contributed by atoms with Crippen molar-refractivity contribution in [3.63, 3.8) is 0 Å². The first kappa shape index (κ1) is 12.4. The second-order valence-corrected chi connectivity index (χ2v) is 3.60. The molecule has 1 aromatic heterocycles. The van der Waals surface area contributed by atoms with E-state index in [9.17, 15) is 18.0 Å². The van der Waals surface area contributed by atoms with E-state index in [1.807, 2.05) is 0 Å². The topological polar surface area (TPSA) is 63.3 Å². The van der Waals surface area contributed by atoms with Crippen molar-refractivity contribution in [2.45, 2.75) is 0 Å². The average molecular weight is 278 g/mol. The average Bonchev–Trinajstić information content (AvgIpc) is 2.75. The van der Waals surface area contributed by atoms with Crippen molar-refractivity contribution < 1.29 is 27.6 Å². The van der Waals surface area contributed by atoms with Crippen molar-refractivity contribution in [1.29, 1.82) is 0 Å². The molecule has 0 fully saturated rings. The summed E-state index contributed by atoms with van der Waals surface area (Å²) in [6.07, 6.45) is 0. The molecule has 2 rings (SSSR count). The van der Waals surface area contributed by atoms with E-state index in [0.717, 1.165) is 6.07 Å². The molecule has 18 heavy (non-hydrogen) atoms. The van der Waals surface area contributed by atoms with Gasteiger partial charge in [0.2, 0.25) is 5.76 Å². The van der Waals surface area contributed by atoms with E-state index in [0.29, 0.717) is 6.07 Å². The molecule has 0 bridgehead atoms. The Labute approximate surface area is 103 Å². The normalized spacial score (nSPS) is 10.7. The van der Waals surface area contributed by atoms with Gasteiger partial charge in [-0.25, -0.2) is 18.0 Å². The van der Waals surface area contributed by atoms with Crippen LogP contribution in [0.2, 0.25) is 5.02 Å². The van der Waals surface area contributed by atoms with Gasteiger partial charge in [-0.1, -0.05) is 16.8 Å². The van der Waals surface area contributed by atoms with Crippen LogP contribution in [0.1, 0.15) is 10.6 Å². The minimum absolute atomic E-state index is 0.371. The number of nitrogens with zero attached hydrogens (tertiary/aromatic N) is 1. The number of aromatic carboxylic acids is 1. The maximum absolute atomic E-state index is 13.6. The SMILES string of the molecule is O=C(O)c1cc(-c2c(F)cc(F)c(Cl)c2F)no1. The van der Waals surface area contributed by atoms with Crippen LogP contribution < -0.4 is 0 Å². The highest BCUT2D eigenvalue weighted by molar-refractivity contribution is 6.31. The van der Waals surface area contributed by atoms with E-state index in [2.05, 4.69) is 9.68 Å². The number of carboxylic acid groups (broad SMARTS) is 1. The Morgan fingerprint density at radius 3 is 2.50 bits per heavy atom. The number of hydrogen-bond acceptors (Lipinski definition) is 3. The number of benzene rings is 1. The van der Waals surface area contributed by atoms with Crippen molar-refractivity contribution in [2.24, 2.45) is 0 Å². The Bertz CT molecular complexity index is 642. The van der Waals surface area contributed by atoms with Crippen LogP contribution in [0.4, 0.5) is 13.2 Å². The molecule has 0 amide bonds. The van der Waals surface area contributed by atoms with Crippen LogP contribution in [0, 0.1) is 17.5 Å². The first-order chi connectivity index (χ1) is 8.41. The third-order valence-electron chi connectivity index (χ3n) is 2.09. The molecule has 2 aromatic rings. The lowest BCUT2D eigenvalue weighted by Crippen LogP contribution is -1.95. The van der Waals surface area contributed by atoms with Crippen LogP contribution >= 0.6 is 11.6 Å². The number of carbonyl (C=O) groups is 1. The van der Waals surface area contributed by atoms with E-state index in [1.54, 1.807) is 0 Å². The molecule has 4 nitrogen and oxygen atoms in total. The number of hydrogen-bond donors (Lipinski definition) is 1. The standard InChI is InChI=1S/C10H3ClF3NO3/c11-8-4(13)1-3(12)7(9(8)14)5-2-6(10(16)17)18-15-5/h1-2H,(H,16,17). The third kappa shape index (κ3) is 1.92. The van der Waals surface area contributed by atoms with Crippen LogP contribution in [0.25, 0.3) is 11.3 Å². The van der Waals surface area contributed by atoms with Gasteiger partial charge in [0.1, 0.15) is 22.4 Å². The highest BCUT2D eigenvalue weighted by Crippen LogP contribution is 2.32. The quantitative estimate of drug-likeness (QED) is 0.677. The van der Waals surface area contributed by atoms with E-state index in [4.69, 9.17) is 16.7 Å².